The molecule has 1 aliphatic heterocycles. The Kier molecular flexibility index (Phi) is 4.80. The number of nitrogens with zero attached hydrogens (tertiary/aromatic N) is 7. The normalized spacial score (nSPS) is 14.7. The van der Waals surface area contributed by atoms with Crippen LogP contribution in [0.15, 0.2) is 49.1 Å². The van der Waals surface area contributed by atoms with Gasteiger partial charge in [0, 0.05) is 54.0 Å². The number of aromatic nitrogens is 6. The summed E-state index contributed by atoms with van der Waals surface area (Å²) in [6.45, 7) is 4.71. The molecule has 0 atom stereocenters. The Labute approximate surface area is 195 Å². The fourth-order valence-corrected chi connectivity index (χ4v) is 4.69. The van der Waals surface area contributed by atoms with Crippen LogP contribution in [-0.4, -0.2) is 61.7 Å². The molecule has 1 aliphatic rings. The van der Waals surface area contributed by atoms with Crippen LogP contribution >= 0.6 is 0 Å². The van der Waals surface area contributed by atoms with Crippen LogP contribution in [0.5, 0.6) is 5.75 Å². The molecular weight excluding hydrogens is 433 g/mol. The van der Waals surface area contributed by atoms with Crippen molar-refractivity contribution in [3.8, 4) is 28.0 Å². The molecule has 0 N–H and O–H groups in total. The Morgan fingerprint density at radius 1 is 1.12 bits per heavy atom. The van der Waals surface area contributed by atoms with Gasteiger partial charge in [0.15, 0.2) is 5.65 Å². The third-order valence-electron chi connectivity index (χ3n) is 6.58. The number of likely N-dealkylation sites (tertiary alicyclic amines) is 1. The summed E-state index contributed by atoms with van der Waals surface area (Å²) in [6, 6.07) is 9.24. The van der Waals surface area contributed by atoms with E-state index in [1.54, 1.807) is 25.7 Å². The number of halogens is 1. The molecule has 4 heterocycles. The number of hydrogen-bond acceptors (Lipinski definition) is 6. The average molecular weight is 458 g/mol. The zero-order chi connectivity index (χ0) is 23.4. The monoisotopic (exact) mass is 457 g/mol. The van der Waals surface area contributed by atoms with Gasteiger partial charge in [-0.05, 0) is 37.7 Å². The van der Waals surface area contributed by atoms with E-state index in [1.165, 1.54) is 6.07 Å². The highest BCUT2D eigenvalue weighted by Crippen LogP contribution is 2.38. The maximum atomic E-state index is 15.2. The van der Waals surface area contributed by atoms with E-state index < -0.39 is 0 Å². The minimum absolute atomic E-state index is 0.327. The number of hydrogen-bond donors (Lipinski definition) is 0. The highest BCUT2D eigenvalue weighted by atomic mass is 19.1. The first-order chi connectivity index (χ1) is 16.6. The van der Waals surface area contributed by atoms with Gasteiger partial charge in [-0.2, -0.15) is 10.2 Å². The zero-order valence-electron chi connectivity index (χ0n) is 19.2. The summed E-state index contributed by atoms with van der Waals surface area (Å²) in [7, 11) is 3.69. The van der Waals surface area contributed by atoms with Crippen LogP contribution in [-0.2, 0) is 6.54 Å². The van der Waals surface area contributed by atoms with Crippen molar-refractivity contribution >= 4 is 22.1 Å². The van der Waals surface area contributed by atoms with Crippen molar-refractivity contribution in [2.75, 3.05) is 27.2 Å². The minimum Gasteiger partial charge on any atom is -0.496 e. The van der Waals surface area contributed by atoms with Crippen molar-refractivity contribution in [2.45, 2.75) is 19.5 Å². The predicted octanol–water partition coefficient (Wildman–Crippen LogP) is 4.16. The number of aryl methyl sites for hydroxylation is 1. The van der Waals surface area contributed by atoms with Gasteiger partial charge in [0.05, 0.1) is 31.2 Å². The highest BCUT2D eigenvalue weighted by molar-refractivity contribution is 5.92. The summed E-state index contributed by atoms with van der Waals surface area (Å²) in [5, 5.41) is 14.1. The molecule has 8 nitrogen and oxygen atoms in total. The van der Waals surface area contributed by atoms with Crippen LogP contribution in [0.2, 0.25) is 0 Å². The summed E-state index contributed by atoms with van der Waals surface area (Å²) < 4.78 is 24.8. The van der Waals surface area contributed by atoms with Crippen molar-refractivity contribution in [1.29, 1.82) is 0 Å². The summed E-state index contributed by atoms with van der Waals surface area (Å²) in [5.74, 6) is 0.250. The van der Waals surface area contributed by atoms with E-state index in [2.05, 4.69) is 27.1 Å². The Morgan fingerprint density at radius 3 is 2.74 bits per heavy atom. The first-order valence-electron chi connectivity index (χ1n) is 11.3. The third-order valence-corrected chi connectivity index (χ3v) is 6.58. The van der Waals surface area contributed by atoms with Gasteiger partial charge in [-0.15, -0.1) is 5.10 Å². The minimum atomic E-state index is -0.327. The number of ether oxygens (including phenoxy) is 1. The lowest BCUT2D eigenvalue weighted by molar-refractivity contribution is 0.131. The van der Waals surface area contributed by atoms with Crippen molar-refractivity contribution < 1.29 is 9.13 Å². The quantitative estimate of drug-likeness (QED) is 0.395. The van der Waals surface area contributed by atoms with E-state index in [-0.39, 0.29) is 5.82 Å². The number of benzene rings is 2. The lowest BCUT2D eigenvalue weighted by Gasteiger charge is -2.36. The van der Waals surface area contributed by atoms with E-state index in [0.717, 1.165) is 47.2 Å². The van der Waals surface area contributed by atoms with Crippen LogP contribution in [0.3, 0.4) is 0 Å². The molecule has 9 heteroatoms. The second-order valence-electron chi connectivity index (χ2n) is 8.75. The lowest BCUT2D eigenvalue weighted by atomic mass is 9.97. The molecule has 0 bridgehead atoms. The lowest BCUT2D eigenvalue weighted by Crippen LogP contribution is -2.45. The fourth-order valence-electron chi connectivity index (χ4n) is 4.69. The van der Waals surface area contributed by atoms with Gasteiger partial charge in [0.2, 0.25) is 0 Å². The topological polar surface area (TPSA) is 73.9 Å². The van der Waals surface area contributed by atoms with E-state index in [9.17, 15) is 0 Å². The molecule has 1 saturated heterocycles. The van der Waals surface area contributed by atoms with Crippen LogP contribution in [0.4, 0.5) is 4.39 Å². The molecule has 6 rings (SSSR count). The molecule has 2 aromatic carbocycles. The summed E-state index contributed by atoms with van der Waals surface area (Å²) >= 11 is 0. The van der Waals surface area contributed by atoms with Gasteiger partial charge in [0.1, 0.15) is 17.1 Å². The number of rotatable bonds is 5. The molecule has 0 aliphatic carbocycles. The Balaban J connectivity index is 1.48. The van der Waals surface area contributed by atoms with Crippen molar-refractivity contribution in [2.24, 2.45) is 0 Å². The van der Waals surface area contributed by atoms with Gasteiger partial charge in [-0.3, -0.25) is 4.68 Å². The van der Waals surface area contributed by atoms with Gasteiger partial charge >= 0.3 is 0 Å². The SMILES string of the molecule is CCn1cnc2c(-c3ccc(F)c(-c4cc5cn(C6CN(C)C6)nc5cc4OC)c3)cnnc21. The molecule has 0 unspecified atom stereocenters. The molecule has 172 valence electrons. The zero-order valence-corrected chi connectivity index (χ0v) is 19.2. The molecule has 0 saturated carbocycles. The second kappa shape index (κ2) is 7.88. The van der Waals surface area contributed by atoms with Crippen molar-refractivity contribution in [3.05, 3.63) is 54.9 Å². The molecule has 0 amide bonds. The predicted molar refractivity (Wildman–Crippen MR) is 128 cm³/mol. The molecule has 0 radical (unpaired) electrons. The second-order valence-corrected chi connectivity index (χ2v) is 8.75. The first kappa shape index (κ1) is 20.7. The van der Waals surface area contributed by atoms with Crippen LogP contribution in [0.1, 0.15) is 13.0 Å². The van der Waals surface area contributed by atoms with E-state index in [1.807, 2.05) is 40.6 Å². The Morgan fingerprint density at radius 2 is 1.97 bits per heavy atom. The van der Waals surface area contributed by atoms with Crippen molar-refractivity contribution in [3.63, 3.8) is 0 Å². The maximum absolute atomic E-state index is 15.2. The molecule has 3 aromatic heterocycles. The van der Waals surface area contributed by atoms with Crippen molar-refractivity contribution in [1.82, 2.24) is 34.4 Å². The smallest absolute Gasteiger partial charge is 0.183 e. The Hall–Kier alpha value is -3.85. The standard InChI is InChI=1S/C25H24FN7O/c1-4-32-14-27-24-20(10-28-29-25(24)32)15-5-6-21(26)18(7-15)19-8-16-11-33(17-12-31(2)13-17)30-22(16)9-23(19)34-3/h5-11,14,17H,4,12-13H2,1-3H3. The van der Waals surface area contributed by atoms with Gasteiger partial charge < -0.3 is 14.2 Å². The number of fused-ring (bicyclic) bond motifs is 2. The Bertz CT molecular complexity index is 1530. The molecule has 0 spiro atoms. The molecule has 1 fully saturated rings. The fraction of sp³-hybridized carbons (Fsp3) is 0.280. The number of methoxy groups -OCH3 is 1. The van der Waals surface area contributed by atoms with Gasteiger partial charge in [0.25, 0.3) is 0 Å². The summed E-state index contributed by atoms with van der Waals surface area (Å²) in [4.78, 5) is 6.78. The maximum Gasteiger partial charge on any atom is 0.183 e. The molecular formula is C25H24FN7O. The molecule has 5 aromatic rings. The van der Waals surface area contributed by atoms with Gasteiger partial charge in [-0.1, -0.05) is 6.07 Å². The first-order valence-corrected chi connectivity index (χ1v) is 11.3. The van der Waals surface area contributed by atoms with Crippen LogP contribution < -0.4 is 4.74 Å². The number of likely N-dealkylation sites (N-methyl/N-ethyl adjacent to an activating group) is 1. The summed E-state index contributed by atoms with van der Waals surface area (Å²) in [5.41, 5.74) is 5.03. The van der Waals surface area contributed by atoms with Crippen LogP contribution in [0.25, 0.3) is 44.3 Å². The summed E-state index contributed by atoms with van der Waals surface area (Å²) in [6.07, 6.45) is 5.46. The number of imidazole rings is 1. The largest absolute Gasteiger partial charge is 0.496 e. The van der Waals surface area contributed by atoms with Crippen LogP contribution in [0, 0.1) is 5.82 Å². The van der Waals surface area contributed by atoms with E-state index >= 15 is 4.39 Å². The van der Waals surface area contributed by atoms with E-state index in [4.69, 9.17) is 9.84 Å². The van der Waals surface area contributed by atoms with E-state index in [0.29, 0.717) is 28.6 Å². The molecule has 34 heavy (non-hydrogen) atoms. The van der Waals surface area contributed by atoms with Gasteiger partial charge in [-0.25, -0.2) is 9.37 Å². The highest BCUT2D eigenvalue weighted by Gasteiger charge is 2.26. The third kappa shape index (κ3) is 3.23. The average Bonchev–Trinajstić information content (AvgIpc) is 3.44.